The van der Waals surface area contributed by atoms with E-state index in [0.29, 0.717) is 0 Å². The fraction of sp³-hybridized carbons (Fsp3) is 0. The van der Waals surface area contributed by atoms with Crippen LogP contribution >= 0.6 is 0 Å². The molecule has 0 aliphatic heterocycles. The van der Waals surface area contributed by atoms with Crippen molar-refractivity contribution in [1.29, 1.82) is 0 Å². The Morgan fingerprint density at radius 1 is 1.00 bits per heavy atom. The summed E-state index contributed by atoms with van der Waals surface area (Å²) in [7, 11) is -2.92. The van der Waals surface area contributed by atoms with Crippen LogP contribution in [-0.4, -0.2) is 7.32 Å². The summed E-state index contributed by atoms with van der Waals surface area (Å²) in [6, 6.07) is 0. The molecule has 32 valence electrons. The van der Waals surface area contributed by atoms with Crippen molar-refractivity contribution in [2.45, 2.75) is 0 Å². The van der Waals surface area contributed by atoms with Crippen LogP contribution in [-0.2, 0) is 17.1 Å². The summed E-state index contributed by atoms with van der Waals surface area (Å²) in [5.74, 6) is 0. The smallest absolute Gasteiger partial charge is 0.907 e. The van der Waals surface area contributed by atoms with Crippen molar-refractivity contribution >= 4 is 7.32 Å². The molecular formula is BCuO3. The van der Waals surface area contributed by atoms with Crippen molar-refractivity contribution in [2.75, 3.05) is 0 Å². The number of hydrogen-bond donors (Lipinski definition) is 0. The summed E-state index contributed by atoms with van der Waals surface area (Å²) in [6.07, 6.45) is 0. The van der Waals surface area contributed by atoms with Gasteiger partial charge in [-0.2, -0.15) is 0 Å². The van der Waals surface area contributed by atoms with Crippen LogP contribution in [0.4, 0.5) is 0 Å². The Balaban J connectivity index is 0. The molecule has 0 aromatic heterocycles. The van der Waals surface area contributed by atoms with Gasteiger partial charge in [0.25, 0.3) is 0 Å². The molecule has 5 heavy (non-hydrogen) atoms. The third-order valence-corrected chi connectivity index (χ3v) is 0. The fourth-order valence-corrected chi connectivity index (χ4v) is 0. The Hall–Kier alpha value is 0.464. The standard InChI is InChI=1S/BO3.Cu/c2-1(3)4;/q-3;+3. The van der Waals surface area contributed by atoms with Crippen LogP contribution in [0.25, 0.3) is 0 Å². The maximum Gasteiger partial charge on any atom is 3.00 e. The molecule has 0 atom stereocenters. The molecule has 0 bridgehead atoms. The van der Waals surface area contributed by atoms with E-state index in [0.717, 1.165) is 0 Å². The van der Waals surface area contributed by atoms with Crippen LogP contribution in [0, 0.1) is 0 Å². The first-order chi connectivity index (χ1) is 1.73. The zero-order valence-electron chi connectivity index (χ0n) is 2.10. The predicted octanol–water partition coefficient (Wildman–Crippen LogP) is -3.95. The van der Waals surface area contributed by atoms with Crippen molar-refractivity contribution in [3.63, 3.8) is 0 Å². The number of hydrogen-bond acceptors (Lipinski definition) is 3. The maximum atomic E-state index is 8.42. The van der Waals surface area contributed by atoms with E-state index in [-0.39, 0.29) is 17.1 Å². The molecule has 0 N–H and O–H groups in total. The van der Waals surface area contributed by atoms with Crippen LogP contribution in [0.15, 0.2) is 0 Å². The third-order valence-electron chi connectivity index (χ3n) is 0. The quantitative estimate of drug-likeness (QED) is 0.308. The summed E-state index contributed by atoms with van der Waals surface area (Å²) in [5.41, 5.74) is 0. The minimum atomic E-state index is -2.92. The fourth-order valence-electron chi connectivity index (χ4n) is 0. The Labute approximate surface area is 40.3 Å². The van der Waals surface area contributed by atoms with Gasteiger partial charge in [0.2, 0.25) is 0 Å². The summed E-state index contributed by atoms with van der Waals surface area (Å²) in [5, 5.41) is 25.2. The number of rotatable bonds is 0. The SMILES string of the molecule is [Cu+3].[O-]B([O-])[O-]. The van der Waals surface area contributed by atoms with Gasteiger partial charge >= 0.3 is 17.1 Å². The molecular weight excluding hydrogens is 122 g/mol. The van der Waals surface area contributed by atoms with Gasteiger partial charge in [0.15, 0.2) is 0 Å². The zero-order valence-corrected chi connectivity index (χ0v) is 3.05. The summed E-state index contributed by atoms with van der Waals surface area (Å²) in [6.45, 7) is 0. The molecule has 0 heterocycles. The first-order valence-corrected chi connectivity index (χ1v) is 0.707. The van der Waals surface area contributed by atoms with Crippen LogP contribution in [0.5, 0.6) is 0 Å². The normalized spacial score (nSPS) is 5.40. The largest absolute Gasteiger partial charge is 3.00 e. The molecule has 0 saturated heterocycles. The average molecular weight is 122 g/mol. The molecule has 3 nitrogen and oxygen atoms in total. The molecule has 5 heteroatoms. The van der Waals surface area contributed by atoms with Crippen LogP contribution in [0.1, 0.15) is 0 Å². The molecule has 0 radical (unpaired) electrons. The minimum Gasteiger partial charge on any atom is -0.907 e. The van der Waals surface area contributed by atoms with Gasteiger partial charge in [-0.15, -0.1) is 0 Å². The van der Waals surface area contributed by atoms with E-state index in [9.17, 15) is 0 Å². The predicted molar refractivity (Wildman–Crippen MR) is 5.75 cm³/mol. The van der Waals surface area contributed by atoms with Crippen molar-refractivity contribution < 1.29 is 32.1 Å². The Bertz CT molecular complexity index is 11.6. The van der Waals surface area contributed by atoms with Gasteiger partial charge in [0.05, 0.1) is 0 Å². The molecule has 0 amide bonds. The molecule has 0 aromatic carbocycles. The van der Waals surface area contributed by atoms with E-state index in [1.54, 1.807) is 0 Å². The second kappa shape index (κ2) is 4.46. The monoisotopic (exact) mass is 122 g/mol. The van der Waals surface area contributed by atoms with Gasteiger partial charge < -0.3 is 15.1 Å². The van der Waals surface area contributed by atoms with Crippen molar-refractivity contribution in [1.82, 2.24) is 0 Å². The minimum absolute atomic E-state index is 0. The summed E-state index contributed by atoms with van der Waals surface area (Å²) < 4.78 is 0. The zero-order chi connectivity index (χ0) is 3.58. The van der Waals surface area contributed by atoms with Crippen LogP contribution in [0.3, 0.4) is 0 Å². The van der Waals surface area contributed by atoms with E-state index in [4.69, 9.17) is 15.1 Å². The van der Waals surface area contributed by atoms with Gasteiger partial charge in [-0.3, -0.25) is 7.32 Å². The molecule has 0 fully saturated rings. The Morgan fingerprint density at radius 3 is 1.00 bits per heavy atom. The molecule has 0 aromatic rings. The summed E-state index contributed by atoms with van der Waals surface area (Å²) >= 11 is 0. The molecule has 0 rings (SSSR count). The second-order valence-electron chi connectivity index (χ2n) is 0.289. The summed E-state index contributed by atoms with van der Waals surface area (Å²) in [4.78, 5) is 0. The van der Waals surface area contributed by atoms with Gasteiger partial charge in [0.1, 0.15) is 0 Å². The van der Waals surface area contributed by atoms with Crippen molar-refractivity contribution in [3.8, 4) is 0 Å². The van der Waals surface area contributed by atoms with Gasteiger partial charge in [-0.25, -0.2) is 0 Å². The van der Waals surface area contributed by atoms with Crippen molar-refractivity contribution in [3.05, 3.63) is 0 Å². The maximum absolute atomic E-state index is 8.42. The van der Waals surface area contributed by atoms with Gasteiger partial charge in [-0.1, -0.05) is 0 Å². The van der Waals surface area contributed by atoms with E-state index in [2.05, 4.69) is 0 Å². The second-order valence-corrected chi connectivity index (χ2v) is 0.289. The van der Waals surface area contributed by atoms with Gasteiger partial charge in [0, 0.05) is 0 Å². The van der Waals surface area contributed by atoms with Gasteiger partial charge in [-0.05, 0) is 0 Å². The first-order valence-electron chi connectivity index (χ1n) is 0.707. The molecule has 0 unspecified atom stereocenters. The van der Waals surface area contributed by atoms with E-state index < -0.39 is 7.32 Å². The van der Waals surface area contributed by atoms with Crippen LogP contribution < -0.4 is 15.1 Å². The van der Waals surface area contributed by atoms with E-state index >= 15 is 0 Å². The van der Waals surface area contributed by atoms with E-state index in [1.165, 1.54) is 0 Å². The average Bonchev–Trinajstić information content (AvgIpc) is 0.811. The molecule has 0 spiro atoms. The topological polar surface area (TPSA) is 69.2 Å². The Kier molecular flexibility index (Phi) is 8.10. The Morgan fingerprint density at radius 2 is 1.00 bits per heavy atom. The van der Waals surface area contributed by atoms with E-state index in [1.807, 2.05) is 0 Å². The first kappa shape index (κ1) is 9.07. The molecule has 0 aliphatic rings. The van der Waals surface area contributed by atoms with Crippen molar-refractivity contribution in [2.24, 2.45) is 0 Å². The molecule has 0 aliphatic carbocycles. The van der Waals surface area contributed by atoms with Crippen LogP contribution in [0.2, 0.25) is 0 Å². The molecule has 0 saturated carbocycles. The third kappa shape index (κ3) is 126.